The summed E-state index contributed by atoms with van der Waals surface area (Å²) in [5.74, 6) is -1.31. The average Bonchev–Trinajstić information content (AvgIpc) is 3.11. The maximum atomic E-state index is 12.6. The molecule has 0 bridgehead atoms. The normalized spacial score (nSPS) is 18.9. The van der Waals surface area contributed by atoms with Crippen LogP contribution in [0.1, 0.15) is 33.1 Å². The van der Waals surface area contributed by atoms with Crippen LogP contribution in [0.5, 0.6) is 0 Å². The van der Waals surface area contributed by atoms with Gasteiger partial charge in [-0.15, -0.1) is 0 Å². The number of benzene rings is 1. The van der Waals surface area contributed by atoms with Crippen LogP contribution in [0, 0.1) is 6.92 Å². The topological polar surface area (TPSA) is 108 Å². The van der Waals surface area contributed by atoms with Crippen LogP contribution in [0.3, 0.4) is 0 Å². The number of aromatic nitrogens is 2. The van der Waals surface area contributed by atoms with Gasteiger partial charge in [-0.3, -0.25) is 4.79 Å². The number of nitrogens with one attached hydrogen (secondary N) is 2. The molecule has 0 radical (unpaired) electrons. The molecule has 0 saturated carbocycles. The van der Waals surface area contributed by atoms with Crippen LogP contribution in [0.4, 0.5) is 5.69 Å². The summed E-state index contributed by atoms with van der Waals surface area (Å²) in [5.41, 5.74) is 2.56. The first kappa shape index (κ1) is 21.1. The molecule has 4 rings (SSSR count). The number of rotatable bonds is 5. The van der Waals surface area contributed by atoms with Crippen LogP contribution < -0.4 is 10.2 Å². The number of methoxy groups -OCH3 is 1. The van der Waals surface area contributed by atoms with Gasteiger partial charge in [0, 0.05) is 37.0 Å². The summed E-state index contributed by atoms with van der Waals surface area (Å²) < 4.78 is 5.69. The smallest absolute Gasteiger partial charge is 0.354 e. The van der Waals surface area contributed by atoms with Crippen molar-refractivity contribution in [3.05, 3.63) is 58.5 Å². The van der Waals surface area contributed by atoms with Crippen molar-refractivity contribution in [2.45, 2.75) is 25.5 Å². The average molecular weight is 443 g/mol. The Morgan fingerprint density at radius 1 is 1.32 bits per heavy atom. The number of aromatic carboxylic acids is 1. The summed E-state index contributed by atoms with van der Waals surface area (Å²) in [6, 6.07) is 10.5. The van der Waals surface area contributed by atoms with E-state index in [1.807, 2.05) is 18.2 Å². The minimum atomic E-state index is -1.07. The number of pyridine rings is 1. The first-order valence-corrected chi connectivity index (χ1v) is 10.3. The lowest BCUT2D eigenvalue weighted by Crippen LogP contribution is -2.55. The molecule has 2 atom stereocenters. The van der Waals surface area contributed by atoms with Gasteiger partial charge < -0.3 is 25.0 Å². The highest BCUT2D eigenvalue weighted by atomic mass is 35.5. The van der Waals surface area contributed by atoms with Gasteiger partial charge >= 0.3 is 5.97 Å². The van der Waals surface area contributed by atoms with E-state index in [0.717, 1.165) is 16.8 Å². The molecule has 1 saturated heterocycles. The number of hydrogen-bond donors (Lipinski definition) is 3. The Hall–Kier alpha value is -3.10. The molecule has 1 aliphatic rings. The summed E-state index contributed by atoms with van der Waals surface area (Å²) >= 11 is 6.05. The number of aryl methyl sites for hydroxylation is 1. The number of ether oxygens (including phenoxy) is 1. The number of fused-ring (bicyclic) bond motifs is 1. The van der Waals surface area contributed by atoms with Gasteiger partial charge in [-0.1, -0.05) is 29.8 Å². The molecule has 2 aromatic heterocycles. The Morgan fingerprint density at radius 2 is 2.10 bits per heavy atom. The van der Waals surface area contributed by atoms with Crippen molar-refractivity contribution in [2.75, 3.05) is 25.1 Å². The highest BCUT2D eigenvalue weighted by Crippen LogP contribution is 2.30. The fraction of sp³-hybridized carbons (Fsp3) is 0.318. The van der Waals surface area contributed by atoms with E-state index >= 15 is 0 Å². The third-order valence-electron chi connectivity index (χ3n) is 5.63. The minimum absolute atomic E-state index is 0.00270. The molecular formula is C22H23ClN4O4. The number of piperidine rings is 1. The zero-order valence-electron chi connectivity index (χ0n) is 17.2. The van der Waals surface area contributed by atoms with Crippen LogP contribution in [0.25, 0.3) is 10.9 Å². The minimum Gasteiger partial charge on any atom is -0.477 e. The fourth-order valence-electron chi connectivity index (χ4n) is 3.97. The molecule has 3 heterocycles. The van der Waals surface area contributed by atoms with Gasteiger partial charge in [0.25, 0.3) is 5.91 Å². The monoisotopic (exact) mass is 442 g/mol. The van der Waals surface area contributed by atoms with Crippen LogP contribution in [-0.4, -0.2) is 59.3 Å². The molecule has 1 aliphatic heterocycles. The van der Waals surface area contributed by atoms with Crippen molar-refractivity contribution in [3.8, 4) is 0 Å². The second kappa shape index (κ2) is 8.56. The van der Waals surface area contributed by atoms with Crippen LogP contribution in [0.15, 0.2) is 36.4 Å². The van der Waals surface area contributed by atoms with E-state index in [0.29, 0.717) is 35.7 Å². The maximum Gasteiger partial charge on any atom is 0.354 e. The number of nitrogens with zero attached hydrogens (tertiary/aromatic N) is 2. The van der Waals surface area contributed by atoms with Crippen molar-refractivity contribution >= 4 is 40.1 Å². The molecule has 0 spiro atoms. The highest BCUT2D eigenvalue weighted by Gasteiger charge is 2.32. The second-order valence-corrected chi connectivity index (χ2v) is 8.00. The number of aromatic amines is 1. The van der Waals surface area contributed by atoms with Crippen molar-refractivity contribution in [1.29, 1.82) is 0 Å². The van der Waals surface area contributed by atoms with Crippen molar-refractivity contribution in [2.24, 2.45) is 0 Å². The van der Waals surface area contributed by atoms with E-state index in [1.165, 1.54) is 0 Å². The van der Waals surface area contributed by atoms with Crippen LogP contribution >= 0.6 is 11.6 Å². The lowest BCUT2D eigenvalue weighted by molar-refractivity contribution is 0.0540. The van der Waals surface area contributed by atoms with Gasteiger partial charge in [0.15, 0.2) is 5.69 Å². The molecule has 162 valence electrons. The molecule has 9 heteroatoms. The first-order chi connectivity index (χ1) is 14.9. The molecule has 1 aromatic carbocycles. The zero-order chi connectivity index (χ0) is 22.1. The molecule has 1 amide bonds. The SMILES string of the molecule is COC1CN(c2cc(C(=O)O)nc3ccccc23)CCC1NC(=O)c1cc(Cl)c(C)[nH]1. The highest BCUT2D eigenvalue weighted by molar-refractivity contribution is 6.31. The molecular weight excluding hydrogens is 420 g/mol. The van der Waals surface area contributed by atoms with Gasteiger partial charge in [-0.05, 0) is 31.5 Å². The van der Waals surface area contributed by atoms with Crippen LogP contribution in [0.2, 0.25) is 5.02 Å². The summed E-state index contributed by atoms with van der Waals surface area (Å²) in [4.78, 5) is 33.5. The summed E-state index contributed by atoms with van der Waals surface area (Å²) in [6.45, 7) is 2.93. The molecule has 3 aromatic rings. The number of para-hydroxylation sites is 1. The number of amides is 1. The number of carbonyl (C=O) groups is 2. The molecule has 8 nitrogen and oxygen atoms in total. The van der Waals surface area contributed by atoms with E-state index in [9.17, 15) is 14.7 Å². The zero-order valence-corrected chi connectivity index (χ0v) is 17.9. The molecule has 31 heavy (non-hydrogen) atoms. The Bertz CT molecular complexity index is 1130. The molecule has 0 aliphatic carbocycles. The fourth-order valence-corrected chi connectivity index (χ4v) is 4.13. The predicted octanol–water partition coefficient (Wildman–Crippen LogP) is 3.25. The number of halogens is 1. The Labute approximate surface area is 184 Å². The van der Waals surface area contributed by atoms with Crippen molar-refractivity contribution in [3.63, 3.8) is 0 Å². The van der Waals surface area contributed by atoms with Crippen LogP contribution in [-0.2, 0) is 4.74 Å². The number of carbonyl (C=O) groups excluding carboxylic acids is 1. The first-order valence-electron chi connectivity index (χ1n) is 9.94. The summed E-state index contributed by atoms with van der Waals surface area (Å²) in [5, 5.41) is 13.9. The Kier molecular flexibility index (Phi) is 5.84. The van der Waals surface area contributed by atoms with E-state index in [-0.39, 0.29) is 23.7 Å². The number of anilines is 1. The Morgan fingerprint density at radius 3 is 2.77 bits per heavy atom. The van der Waals surface area contributed by atoms with E-state index in [4.69, 9.17) is 16.3 Å². The molecule has 2 unspecified atom stereocenters. The number of H-pyrrole nitrogens is 1. The lowest BCUT2D eigenvalue weighted by Gasteiger charge is -2.39. The van der Waals surface area contributed by atoms with Gasteiger partial charge in [-0.25, -0.2) is 9.78 Å². The van der Waals surface area contributed by atoms with Gasteiger partial charge in [-0.2, -0.15) is 0 Å². The largest absolute Gasteiger partial charge is 0.477 e. The quantitative estimate of drug-likeness (QED) is 0.560. The maximum absolute atomic E-state index is 12.6. The second-order valence-electron chi connectivity index (χ2n) is 7.59. The summed E-state index contributed by atoms with van der Waals surface area (Å²) in [6.07, 6.45) is 0.362. The number of carboxylic acids is 1. The lowest BCUT2D eigenvalue weighted by atomic mass is 9.99. The van der Waals surface area contributed by atoms with Gasteiger partial charge in [0.05, 0.1) is 22.7 Å². The summed E-state index contributed by atoms with van der Waals surface area (Å²) in [7, 11) is 1.61. The third-order valence-corrected chi connectivity index (χ3v) is 6.02. The predicted molar refractivity (Wildman–Crippen MR) is 118 cm³/mol. The third kappa shape index (κ3) is 4.22. The van der Waals surface area contributed by atoms with Gasteiger partial charge in [0.1, 0.15) is 5.69 Å². The van der Waals surface area contributed by atoms with E-state index in [2.05, 4.69) is 20.2 Å². The van der Waals surface area contributed by atoms with E-state index < -0.39 is 5.97 Å². The van der Waals surface area contributed by atoms with E-state index in [1.54, 1.807) is 32.2 Å². The Balaban J connectivity index is 1.56. The standard InChI is InChI=1S/C22H23ClN4O4/c1-12-14(23)9-17(24-12)21(28)26-16-7-8-27(11-20(16)31-2)19-10-18(22(29)30)25-15-6-4-3-5-13(15)19/h3-6,9-10,16,20,24H,7-8,11H2,1-2H3,(H,26,28)(H,29,30). The number of hydrogen-bond acceptors (Lipinski definition) is 5. The van der Waals surface area contributed by atoms with Gasteiger partial charge in [0.2, 0.25) is 0 Å². The van der Waals surface area contributed by atoms with Crippen molar-refractivity contribution in [1.82, 2.24) is 15.3 Å². The number of carboxylic acid groups (broad SMARTS) is 1. The molecule has 1 fully saturated rings. The molecule has 3 N–H and O–H groups in total. The van der Waals surface area contributed by atoms with Crippen molar-refractivity contribution < 1.29 is 19.4 Å².